The van der Waals surface area contributed by atoms with Gasteiger partial charge in [-0.1, -0.05) is 18.9 Å². The number of amides is 1. The van der Waals surface area contributed by atoms with Crippen molar-refractivity contribution in [2.45, 2.75) is 51.5 Å². The fraction of sp³-hybridized carbons (Fsp3) is 0.588. The summed E-state index contributed by atoms with van der Waals surface area (Å²) in [6.07, 6.45) is 7.59. The Kier molecular flexibility index (Phi) is 3.68. The van der Waals surface area contributed by atoms with E-state index in [1.807, 2.05) is 25.1 Å². The van der Waals surface area contributed by atoms with Crippen molar-refractivity contribution in [2.24, 2.45) is 5.92 Å². The van der Waals surface area contributed by atoms with Gasteiger partial charge in [0.25, 0.3) is 5.91 Å². The third-order valence-electron chi connectivity index (χ3n) is 5.00. The molecule has 0 radical (unpaired) electrons. The number of anilines is 1. The summed E-state index contributed by atoms with van der Waals surface area (Å²) in [7, 11) is 0. The molecule has 20 heavy (non-hydrogen) atoms. The predicted molar refractivity (Wildman–Crippen MR) is 81.6 cm³/mol. The molecule has 3 rings (SSSR count). The van der Waals surface area contributed by atoms with E-state index in [4.69, 9.17) is 5.73 Å². The van der Waals surface area contributed by atoms with Crippen LogP contribution in [-0.4, -0.2) is 23.4 Å². The molecule has 1 aromatic carbocycles. The van der Waals surface area contributed by atoms with E-state index in [0.29, 0.717) is 11.7 Å². The molecule has 1 aromatic rings. The lowest BCUT2D eigenvalue weighted by atomic mass is 9.95. The minimum Gasteiger partial charge on any atom is -0.399 e. The smallest absolute Gasteiger partial charge is 0.254 e. The topological polar surface area (TPSA) is 46.3 Å². The highest BCUT2D eigenvalue weighted by atomic mass is 16.2. The van der Waals surface area contributed by atoms with E-state index in [1.54, 1.807) is 0 Å². The lowest BCUT2D eigenvalue weighted by Crippen LogP contribution is -2.39. The van der Waals surface area contributed by atoms with Crippen LogP contribution in [0, 0.1) is 12.8 Å². The fourth-order valence-electron chi connectivity index (χ4n) is 3.90. The number of hydrogen-bond acceptors (Lipinski definition) is 2. The van der Waals surface area contributed by atoms with Crippen LogP contribution in [-0.2, 0) is 0 Å². The molecular weight excluding hydrogens is 248 g/mol. The van der Waals surface area contributed by atoms with Crippen LogP contribution in [0.25, 0.3) is 0 Å². The van der Waals surface area contributed by atoms with Crippen LogP contribution in [0.15, 0.2) is 18.2 Å². The number of rotatable bonds is 2. The molecule has 0 spiro atoms. The van der Waals surface area contributed by atoms with Crippen LogP contribution in [0.4, 0.5) is 5.69 Å². The van der Waals surface area contributed by atoms with Gasteiger partial charge in [0.1, 0.15) is 0 Å². The zero-order chi connectivity index (χ0) is 14.1. The second-order valence-corrected chi connectivity index (χ2v) is 6.33. The van der Waals surface area contributed by atoms with Gasteiger partial charge < -0.3 is 10.6 Å². The third kappa shape index (κ3) is 2.41. The monoisotopic (exact) mass is 272 g/mol. The van der Waals surface area contributed by atoms with Crippen molar-refractivity contribution >= 4 is 11.6 Å². The van der Waals surface area contributed by atoms with E-state index in [2.05, 4.69) is 4.90 Å². The van der Waals surface area contributed by atoms with E-state index in [-0.39, 0.29) is 5.91 Å². The highest BCUT2D eigenvalue weighted by molar-refractivity contribution is 5.96. The van der Waals surface area contributed by atoms with Crippen LogP contribution in [0.3, 0.4) is 0 Å². The molecule has 1 saturated carbocycles. The maximum absolute atomic E-state index is 12.9. The summed E-state index contributed by atoms with van der Waals surface area (Å²) in [5.41, 5.74) is 8.34. The van der Waals surface area contributed by atoms with Gasteiger partial charge in [-0.25, -0.2) is 0 Å². The van der Waals surface area contributed by atoms with Gasteiger partial charge in [0, 0.05) is 23.8 Å². The number of carbonyl (C=O) groups excluding carboxylic acids is 1. The Labute approximate surface area is 121 Å². The Hall–Kier alpha value is -1.51. The number of nitrogens with two attached hydrogens (primary N) is 1. The first-order valence-electron chi connectivity index (χ1n) is 7.84. The van der Waals surface area contributed by atoms with Gasteiger partial charge in [-0.2, -0.15) is 0 Å². The highest BCUT2D eigenvalue weighted by Gasteiger charge is 2.36. The van der Waals surface area contributed by atoms with Gasteiger partial charge >= 0.3 is 0 Å². The van der Waals surface area contributed by atoms with E-state index < -0.39 is 0 Å². The molecule has 3 heteroatoms. The lowest BCUT2D eigenvalue weighted by molar-refractivity contribution is 0.0688. The number of hydrogen-bond donors (Lipinski definition) is 1. The summed E-state index contributed by atoms with van der Waals surface area (Å²) in [6, 6.07) is 6.11. The molecule has 2 N–H and O–H groups in total. The number of likely N-dealkylation sites (tertiary alicyclic amines) is 1. The van der Waals surface area contributed by atoms with E-state index in [0.717, 1.165) is 30.0 Å². The highest BCUT2D eigenvalue weighted by Crippen LogP contribution is 2.36. The number of nitrogens with zero attached hydrogens (tertiary/aromatic N) is 1. The number of benzene rings is 1. The zero-order valence-corrected chi connectivity index (χ0v) is 12.3. The molecule has 0 aromatic heterocycles. The van der Waals surface area contributed by atoms with Crippen LogP contribution in [0.5, 0.6) is 0 Å². The second kappa shape index (κ2) is 5.47. The first kappa shape index (κ1) is 13.5. The standard InChI is InChI=1S/C17H24N2O/c1-12-8-9-14(18)11-15(12)17(20)19-10-4-7-16(19)13-5-2-3-6-13/h8-9,11,13,16H,2-7,10,18H2,1H3. The normalized spacial score (nSPS) is 23.4. The first-order valence-corrected chi connectivity index (χ1v) is 7.84. The quantitative estimate of drug-likeness (QED) is 0.839. The van der Waals surface area contributed by atoms with Crippen molar-refractivity contribution < 1.29 is 4.79 Å². The fourth-order valence-corrected chi connectivity index (χ4v) is 3.90. The Morgan fingerprint density at radius 2 is 1.95 bits per heavy atom. The average molecular weight is 272 g/mol. The van der Waals surface area contributed by atoms with Gasteiger partial charge in [0.2, 0.25) is 0 Å². The summed E-state index contributed by atoms with van der Waals surface area (Å²) >= 11 is 0. The van der Waals surface area contributed by atoms with Crippen molar-refractivity contribution in [1.82, 2.24) is 4.90 Å². The molecule has 1 saturated heterocycles. The lowest BCUT2D eigenvalue weighted by Gasteiger charge is -2.30. The Bertz CT molecular complexity index is 506. The average Bonchev–Trinajstić information content (AvgIpc) is 3.10. The zero-order valence-electron chi connectivity index (χ0n) is 12.3. The molecule has 2 aliphatic rings. The van der Waals surface area contributed by atoms with Crippen LogP contribution >= 0.6 is 0 Å². The van der Waals surface area contributed by atoms with Crippen molar-refractivity contribution in [3.05, 3.63) is 29.3 Å². The maximum Gasteiger partial charge on any atom is 0.254 e. The van der Waals surface area contributed by atoms with Gasteiger partial charge in [-0.3, -0.25) is 4.79 Å². The van der Waals surface area contributed by atoms with Crippen molar-refractivity contribution in [1.29, 1.82) is 0 Å². The predicted octanol–water partition coefficient (Wildman–Crippen LogP) is 3.37. The molecule has 1 unspecified atom stereocenters. The number of nitrogen functional groups attached to an aromatic ring is 1. The molecular formula is C17H24N2O. The van der Waals surface area contributed by atoms with Gasteiger partial charge in [-0.15, -0.1) is 0 Å². The molecule has 1 atom stereocenters. The van der Waals surface area contributed by atoms with Crippen molar-refractivity contribution in [2.75, 3.05) is 12.3 Å². The molecule has 1 aliphatic carbocycles. The molecule has 3 nitrogen and oxygen atoms in total. The number of aryl methyl sites for hydroxylation is 1. The minimum atomic E-state index is 0.184. The van der Waals surface area contributed by atoms with Crippen LogP contribution in [0.2, 0.25) is 0 Å². The summed E-state index contributed by atoms with van der Waals surface area (Å²) in [4.78, 5) is 15.0. The van der Waals surface area contributed by atoms with E-state index in [1.165, 1.54) is 32.1 Å². The number of carbonyl (C=O) groups is 1. The Morgan fingerprint density at radius 1 is 1.20 bits per heavy atom. The summed E-state index contributed by atoms with van der Waals surface area (Å²) < 4.78 is 0. The third-order valence-corrected chi connectivity index (χ3v) is 5.00. The first-order chi connectivity index (χ1) is 9.66. The molecule has 0 bridgehead atoms. The van der Waals surface area contributed by atoms with Crippen LogP contribution < -0.4 is 5.73 Å². The van der Waals surface area contributed by atoms with Gasteiger partial charge in [0.05, 0.1) is 0 Å². The summed E-state index contributed by atoms with van der Waals surface area (Å²) in [5.74, 6) is 0.909. The van der Waals surface area contributed by atoms with Crippen molar-refractivity contribution in [3.63, 3.8) is 0 Å². The Balaban J connectivity index is 1.83. The maximum atomic E-state index is 12.9. The minimum absolute atomic E-state index is 0.184. The molecule has 1 heterocycles. The van der Waals surface area contributed by atoms with E-state index in [9.17, 15) is 4.79 Å². The molecule has 1 aliphatic heterocycles. The Morgan fingerprint density at radius 3 is 2.70 bits per heavy atom. The largest absolute Gasteiger partial charge is 0.399 e. The van der Waals surface area contributed by atoms with E-state index >= 15 is 0 Å². The molecule has 1 amide bonds. The summed E-state index contributed by atoms with van der Waals surface area (Å²) in [5, 5.41) is 0. The van der Waals surface area contributed by atoms with Crippen LogP contribution in [0.1, 0.15) is 54.4 Å². The van der Waals surface area contributed by atoms with Gasteiger partial charge in [-0.05, 0) is 56.2 Å². The summed E-state index contributed by atoms with van der Waals surface area (Å²) in [6.45, 7) is 2.90. The molecule has 2 fully saturated rings. The van der Waals surface area contributed by atoms with Crippen molar-refractivity contribution in [3.8, 4) is 0 Å². The SMILES string of the molecule is Cc1ccc(N)cc1C(=O)N1CCCC1C1CCCC1. The molecule has 108 valence electrons. The van der Waals surface area contributed by atoms with Gasteiger partial charge in [0.15, 0.2) is 0 Å². The second-order valence-electron chi connectivity index (χ2n) is 6.33.